The molecule has 0 radical (unpaired) electrons. The lowest BCUT2D eigenvalue weighted by atomic mass is 10.1. The molecule has 1 saturated heterocycles. The van der Waals surface area contributed by atoms with Crippen molar-refractivity contribution in [1.82, 2.24) is 10.1 Å². The Morgan fingerprint density at radius 1 is 1.53 bits per heavy atom. The topological polar surface area (TPSA) is 65.2 Å². The van der Waals surface area contributed by atoms with Crippen molar-refractivity contribution in [3.8, 4) is 0 Å². The summed E-state index contributed by atoms with van der Waals surface area (Å²) >= 11 is 1.88. The Morgan fingerprint density at radius 3 is 3.00 bits per heavy atom. The maximum absolute atomic E-state index is 12.0. The lowest BCUT2D eigenvalue weighted by molar-refractivity contribution is -0.146. The maximum Gasteiger partial charge on any atom is 0.321 e. The summed E-state index contributed by atoms with van der Waals surface area (Å²) in [6.07, 6.45) is 5.08. The van der Waals surface area contributed by atoms with Crippen LogP contribution in [0.4, 0.5) is 0 Å². The fourth-order valence-corrected chi connectivity index (χ4v) is 3.64. The van der Waals surface area contributed by atoms with Crippen LogP contribution < -0.4 is 0 Å². The number of carbonyl (C=O) groups is 1. The van der Waals surface area contributed by atoms with Gasteiger partial charge in [-0.05, 0) is 38.4 Å². The number of carbonyl (C=O) groups excluding carboxylic acids is 1. The first-order chi connectivity index (χ1) is 9.26. The van der Waals surface area contributed by atoms with Crippen LogP contribution in [0.3, 0.4) is 0 Å². The Kier molecular flexibility index (Phi) is 3.52. The molecule has 0 aromatic carbocycles. The maximum atomic E-state index is 12.0. The van der Waals surface area contributed by atoms with Crippen LogP contribution in [-0.4, -0.2) is 28.5 Å². The third kappa shape index (κ3) is 2.38. The van der Waals surface area contributed by atoms with Crippen molar-refractivity contribution >= 4 is 17.7 Å². The molecule has 0 amide bonds. The molecule has 3 rings (SSSR count). The minimum absolute atomic E-state index is 0.221. The third-order valence-electron chi connectivity index (χ3n) is 3.73. The van der Waals surface area contributed by atoms with E-state index in [1.807, 2.05) is 18.7 Å². The minimum atomic E-state index is -0.638. The minimum Gasteiger partial charge on any atom is -0.465 e. The lowest BCUT2D eigenvalue weighted by Crippen LogP contribution is -2.23. The summed E-state index contributed by atoms with van der Waals surface area (Å²) in [4.78, 5) is 16.4. The molecular formula is C13H18N2O3S. The zero-order valence-electron chi connectivity index (χ0n) is 11.1. The van der Waals surface area contributed by atoms with Crippen molar-refractivity contribution in [2.75, 3.05) is 12.4 Å². The van der Waals surface area contributed by atoms with Crippen molar-refractivity contribution in [2.45, 2.75) is 49.7 Å². The van der Waals surface area contributed by atoms with Crippen LogP contribution in [0.15, 0.2) is 4.52 Å². The van der Waals surface area contributed by atoms with E-state index in [4.69, 9.17) is 9.26 Å². The summed E-state index contributed by atoms with van der Waals surface area (Å²) in [5.41, 5.74) is -0.638. The van der Waals surface area contributed by atoms with Crippen LogP contribution in [0.5, 0.6) is 0 Å². The van der Waals surface area contributed by atoms with Gasteiger partial charge in [0.05, 0.1) is 11.9 Å². The van der Waals surface area contributed by atoms with Gasteiger partial charge in [-0.1, -0.05) is 11.6 Å². The second kappa shape index (κ2) is 5.15. The van der Waals surface area contributed by atoms with Crippen molar-refractivity contribution in [3.63, 3.8) is 0 Å². The number of aromatic nitrogens is 2. The molecule has 1 unspecified atom stereocenters. The van der Waals surface area contributed by atoms with E-state index >= 15 is 0 Å². The van der Waals surface area contributed by atoms with E-state index in [9.17, 15) is 4.79 Å². The zero-order valence-corrected chi connectivity index (χ0v) is 11.9. The predicted molar refractivity (Wildman–Crippen MR) is 70.9 cm³/mol. The Balaban J connectivity index is 1.75. The van der Waals surface area contributed by atoms with E-state index in [0.29, 0.717) is 17.7 Å². The first-order valence-corrected chi connectivity index (χ1v) is 7.94. The second-order valence-electron chi connectivity index (χ2n) is 5.12. The van der Waals surface area contributed by atoms with E-state index in [-0.39, 0.29) is 5.97 Å². The van der Waals surface area contributed by atoms with Gasteiger partial charge in [0.15, 0.2) is 5.82 Å². The van der Waals surface area contributed by atoms with Crippen molar-refractivity contribution in [1.29, 1.82) is 0 Å². The zero-order chi connectivity index (χ0) is 13.3. The van der Waals surface area contributed by atoms with Crippen LogP contribution >= 0.6 is 11.8 Å². The highest BCUT2D eigenvalue weighted by molar-refractivity contribution is 7.99. The molecule has 1 saturated carbocycles. The summed E-state index contributed by atoms with van der Waals surface area (Å²) in [6, 6.07) is 0. The molecule has 2 aliphatic rings. The summed E-state index contributed by atoms with van der Waals surface area (Å²) in [5, 5.41) is 4.40. The Morgan fingerprint density at radius 2 is 2.37 bits per heavy atom. The van der Waals surface area contributed by atoms with Gasteiger partial charge < -0.3 is 9.26 Å². The molecule has 6 heteroatoms. The van der Waals surface area contributed by atoms with Gasteiger partial charge in [-0.2, -0.15) is 16.7 Å². The summed E-state index contributed by atoms with van der Waals surface area (Å²) < 4.78 is 10.4. The van der Waals surface area contributed by atoms with E-state index in [1.165, 1.54) is 12.8 Å². The molecule has 1 aliphatic heterocycles. The molecule has 5 nitrogen and oxygen atoms in total. The van der Waals surface area contributed by atoms with Gasteiger partial charge in [0.2, 0.25) is 5.89 Å². The van der Waals surface area contributed by atoms with Crippen LogP contribution in [-0.2, 0) is 14.9 Å². The quantitative estimate of drug-likeness (QED) is 0.791. The highest BCUT2D eigenvalue weighted by Gasteiger charge is 2.57. The second-order valence-corrected chi connectivity index (χ2v) is 6.43. The SMILES string of the molecule is CCOC(=O)C1(c2nc(C3CCCCS3)no2)CC1. The molecule has 1 aromatic heterocycles. The summed E-state index contributed by atoms with van der Waals surface area (Å²) in [5.74, 6) is 2.13. The summed E-state index contributed by atoms with van der Waals surface area (Å²) in [6.45, 7) is 2.20. The van der Waals surface area contributed by atoms with E-state index in [1.54, 1.807) is 0 Å². The Labute approximate surface area is 116 Å². The molecule has 1 aromatic rings. The van der Waals surface area contributed by atoms with Crippen molar-refractivity contribution in [2.24, 2.45) is 0 Å². The number of rotatable bonds is 4. The van der Waals surface area contributed by atoms with Gasteiger partial charge in [0, 0.05) is 0 Å². The third-order valence-corrected chi connectivity index (χ3v) is 5.11. The van der Waals surface area contributed by atoms with E-state index in [2.05, 4.69) is 10.1 Å². The standard InChI is InChI=1S/C13H18N2O3S/c1-2-17-12(16)13(6-7-13)11-14-10(15-18-11)9-5-3-4-8-19-9/h9H,2-8H2,1H3. The number of esters is 1. The number of hydrogen-bond acceptors (Lipinski definition) is 6. The molecule has 2 heterocycles. The van der Waals surface area contributed by atoms with Gasteiger partial charge >= 0.3 is 5.97 Å². The largest absolute Gasteiger partial charge is 0.465 e. The van der Waals surface area contributed by atoms with Crippen LogP contribution in [0.2, 0.25) is 0 Å². The van der Waals surface area contributed by atoms with Gasteiger partial charge in [-0.3, -0.25) is 4.79 Å². The molecule has 104 valence electrons. The molecule has 19 heavy (non-hydrogen) atoms. The smallest absolute Gasteiger partial charge is 0.321 e. The fraction of sp³-hybridized carbons (Fsp3) is 0.769. The molecular weight excluding hydrogens is 264 g/mol. The van der Waals surface area contributed by atoms with E-state index < -0.39 is 5.41 Å². The Bertz CT molecular complexity index is 464. The lowest BCUT2D eigenvalue weighted by Gasteiger charge is -2.17. The first kappa shape index (κ1) is 13.0. The van der Waals surface area contributed by atoms with Crippen molar-refractivity contribution < 1.29 is 14.1 Å². The molecule has 1 atom stereocenters. The monoisotopic (exact) mass is 282 g/mol. The van der Waals surface area contributed by atoms with Crippen LogP contribution in [0, 0.1) is 0 Å². The summed E-state index contributed by atoms with van der Waals surface area (Å²) in [7, 11) is 0. The van der Waals surface area contributed by atoms with Gasteiger partial charge in [0.1, 0.15) is 5.41 Å². The molecule has 2 fully saturated rings. The first-order valence-electron chi connectivity index (χ1n) is 6.89. The number of nitrogens with zero attached hydrogens (tertiary/aromatic N) is 2. The fourth-order valence-electron chi connectivity index (χ4n) is 2.40. The Hall–Kier alpha value is -1.04. The van der Waals surface area contributed by atoms with Crippen LogP contribution in [0.1, 0.15) is 56.0 Å². The van der Waals surface area contributed by atoms with Crippen molar-refractivity contribution in [3.05, 3.63) is 11.7 Å². The number of hydrogen-bond donors (Lipinski definition) is 0. The average Bonchev–Trinajstić information content (AvgIpc) is 3.11. The normalized spacial score (nSPS) is 25.0. The predicted octanol–water partition coefficient (Wildman–Crippen LogP) is 2.62. The van der Waals surface area contributed by atoms with Gasteiger partial charge in [-0.15, -0.1) is 0 Å². The van der Waals surface area contributed by atoms with Gasteiger partial charge in [-0.25, -0.2) is 0 Å². The average molecular weight is 282 g/mol. The number of thioether (sulfide) groups is 1. The highest BCUT2D eigenvalue weighted by atomic mass is 32.2. The molecule has 1 aliphatic carbocycles. The van der Waals surface area contributed by atoms with E-state index in [0.717, 1.165) is 30.8 Å². The van der Waals surface area contributed by atoms with Gasteiger partial charge in [0.25, 0.3) is 0 Å². The number of ether oxygens (including phenoxy) is 1. The molecule has 0 bridgehead atoms. The van der Waals surface area contributed by atoms with Crippen LogP contribution in [0.25, 0.3) is 0 Å². The highest BCUT2D eigenvalue weighted by Crippen LogP contribution is 2.49. The molecule has 0 N–H and O–H groups in total. The molecule has 0 spiro atoms.